The van der Waals surface area contributed by atoms with Crippen LogP contribution >= 0.6 is 0 Å². The van der Waals surface area contributed by atoms with Crippen LogP contribution in [0.5, 0.6) is 0 Å². The molecular weight excluding hydrogens is 644 g/mol. The van der Waals surface area contributed by atoms with Crippen molar-refractivity contribution in [2.75, 3.05) is 13.1 Å². The summed E-state index contributed by atoms with van der Waals surface area (Å²) in [7, 11) is 0. The Morgan fingerprint density at radius 1 is 0.688 bits per heavy atom. The lowest BCUT2D eigenvalue weighted by Crippen LogP contribution is -2.50. The molecule has 2 aromatic rings. The molecule has 0 saturated carbocycles. The first-order valence-electron chi connectivity index (χ1n) is 14.0. The monoisotopic (exact) mass is 683 g/mol. The summed E-state index contributed by atoms with van der Waals surface area (Å²) in [6, 6.07) is 15.4. The first-order chi connectivity index (χ1) is 22.1. The number of esters is 1. The largest absolute Gasteiger partial charge is 0.480 e. The number of carbonyl (C=O) groups is 6. The molecule has 1 aliphatic heterocycles. The Kier molecular flexibility index (Phi) is 17.1. The summed E-state index contributed by atoms with van der Waals surface area (Å²) in [5, 5.41) is 78.7. The first kappa shape index (κ1) is 41.4. The van der Waals surface area contributed by atoms with Gasteiger partial charge in [-0.2, -0.15) is 0 Å². The molecule has 3 unspecified atom stereocenters. The van der Waals surface area contributed by atoms with Crippen LogP contribution in [-0.4, -0.2) is 138 Å². The molecule has 18 heteroatoms. The number of aliphatic carboxylic acids is 3. The zero-order valence-electron chi connectivity index (χ0n) is 25.2. The molecule has 1 fully saturated rings. The van der Waals surface area contributed by atoms with Crippen molar-refractivity contribution in [1.82, 2.24) is 10.6 Å². The summed E-state index contributed by atoms with van der Waals surface area (Å²) in [4.78, 5) is 67.7. The second kappa shape index (κ2) is 19.9. The van der Waals surface area contributed by atoms with E-state index in [-0.39, 0.29) is 18.3 Å². The van der Waals surface area contributed by atoms with Crippen molar-refractivity contribution >= 4 is 35.4 Å². The van der Waals surface area contributed by atoms with Gasteiger partial charge < -0.3 is 51.1 Å². The summed E-state index contributed by atoms with van der Waals surface area (Å²) in [5.74, 6) is -6.97. The van der Waals surface area contributed by atoms with Crippen molar-refractivity contribution in [1.29, 1.82) is 0 Å². The van der Waals surface area contributed by atoms with Crippen molar-refractivity contribution in [2.24, 2.45) is 0 Å². The highest BCUT2D eigenvalue weighted by molar-refractivity contribution is 5.92. The zero-order chi connectivity index (χ0) is 35.3. The first-order valence-corrected chi connectivity index (χ1v) is 14.0. The molecule has 1 saturated heterocycles. The van der Waals surface area contributed by atoms with Crippen LogP contribution in [0.4, 0.5) is 0 Å². The number of carboxylic acids is 3. The van der Waals surface area contributed by atoms with Gasteiger partial charge in [-0.25, -0.2) is 9.59 Å². The average molecular weight is 684 g/mol. The minimum absolute atomic E-state index is 0. The summed E-state index contributed by atoms with van der Waals surface area (Å²) in [6.07, 6.45) is -11.3. The molecule has 48 heavy (non-hydrogen) atoms. The van der Waals surface area contributed by atoms with Gasteiger partial charge in [-0.1, -0.05) is 60.7 Å². The number of carboxylic acid groups (broad SMARTS) is 3. The Hall–Kier alpha value is -4.66. The number of Topliss-reactive ketones (excluding diaryl/α,β-unsaturated/α-hetero) is 2. The minimum Gasteiger partial charge on any atom is -0.480 e. The van der Waals surface area contributed by atoms with Crippen molar-refractivity contribution in [3.8, 4) is 0 Å². The standard InChI is InChI=1S/C15H19NO8.C15H17NO7.H2O/c17-10(11(18)12(19)13(20)15(23)24)7-16-9(14(21)22)6-8-4-2-1-3-5-8;17-10(13-11(18)12(19)15(22)23-13)7-16-9(14(20)21)6-8-4-2-1-3-5-8;/h1-5,9,11-13,16,18-20H,6-7H2,(H,21,22)(H,23,24);1-5,9,11-13,16,18-19H,6-7H2,(H,20,21);1H2/p+1/t9-,11-,12+,13+;9-,11?,12?,13?;/m11./s1. The molecule has 0 bridgehead atoms. The average Bonchev–Trinajstić information content (AvgIpc) is 3.31. The van der Waals surface area contributed by atoms with Gasteiger partial charge in [-0.05, 0) is 24.0 Å². The van der Waals surface area contributed by atoms with Gasteiger partial charge in [-0.15, -0.1) is 0 Å². The van der Waals surface area contributed by atoms with Gasteiger partial charge in [0, 0.05) is 0 Å². The number of aliphatic hydroxyl groups is 5. The topological polar surface area (TPSA) is 331 Å². The van der Waals surface area contributed by atoms with E-state index >= 15 is 0 Å². The highest BCUT2D eigenvalue weighted by Crippen LogP contribution is 2.16. The predicted octanol–water partition coefficient (Wildman–Crippen LogP) is -4.43. The van der Waals surface area contributed by atoms with Crippen LogP contribution in [0.2, 0.25) is 0 Å². The SMILES string of the molecule is O=C(O)[C@@H](O)[C@@H](O)[C@H](O)C(=O)CN[C@H](Cc1ccccc1)C(=O)O.O=C1OC(C(=O)CN[C@H](Cc2ccccc2)C(=O)O)C(O)C1O.[OH3+]. The minimum atomic E-state index is -2.33. The number of hydrogen-bond acceptors (Lipinski definition) is 14. The van der Waals surface area contributed by atoms with Crippen molar-refractivity contribution in [3.05, 3.63) is 71.8 Å². The van der Waals surface area contributed by atoms with E-state index < -0.39 is 97.2 Å². The maximum absolute atomic E-state index is 11.9. The van der Waals surface area contributed by atoms with Crippen LogP contribution in [0.15, 0.2) is 60.7 Å². The smallest absolute Gasteiger partial charge is 0.338 e. The predicted molar refractivity (Wildman–Crippen MR) is 162 cm³/mol. The maximum atomic E-state index is 11.9. The van der Waals surface area contributed by atoms with E-state index in [1.807, 2.05) is 0 Å². The third kappa shape index (κ3) is 12.5. The van der Waals surface area contributed by atoms with E-state index in [1.54, 1.807) is 60.7 Å². The van der Waals surface area contributed by atoms with Gasteiger partial charge in [0.2, 0.25) is 0 Å². The lowest BCUT2D eigenvalue weighted by atomic mass is 10.0. The van der Waals surface area contributed by atoms with Crippen LogP contribution in [0.3, 0.4) is 0 Å². The molecule has 13 N–H and O–H groups in total. The lowest BCUT2D eigenvalue weighted by Gasteiger charge is -2.20. The number of aliphatic hydroxyl groups excluding tert-OH is 5. The molecule has 8 atom stereocenters. The van der Waals surface area contributed by atoms with Crippen LogP contribution in [0, 0.1) is 0 Å². The number of ketones is 2. The van der Waals surface area contributed by atoms with Gasteiger partial charge >= 0.3 is 23.9 Å². The van der Waals surface area contributed by atoms with Crippen molar-refractivity contribution in [2.45, 2.75) is 61.5 Å². The Morgan fingerprint density at radius 3 is 1.50 bits per heavy atom. The van der Waals surface area contributed by atoms with Crippen molar-refractivity contribution < 1.29 is 79.8 Å². The Balaban J connectivity index is 0.000000470. The van der Waals surface area contributed by atoms with Crippen LogP contribution in [0.1, 0.15) is 11.1 Å². The Morgan fingerprint density at radius 2 is 1.12 bits per heavy atom. The summed E-state index contributed by atoms with van der Waals surface area (Å²) < 4.78 is 4.58. The van der Waals surface area contributed by atoms with Crippen LogP contribution < -0.4 is 10.6 Å². The third-order valence-electron chi connectivity index (χ3n) is 6.87. The fraction of sp³-hybridized carbons (Fsp3) is 0.400. The van der Waals surface area contributed by atoms with Crippen LogP contribution in [0.25, 0.3) is 0 Å². The number of rotatable bonds is 17. The third-order valence-corrected chi connectivity index (χ3v) is 6.87. The number of nitrogens with one attached hydrogen (secondary N) is 2. The number of benzene rings is 2. The molecule has 2 aromatic carbocycles. The van der Waals surface area contributed by atoms with Crippen molar-refractivity contribution in [3.63, 3.8) is 0 Å². The number of carbonyl (C=O) groups excluding carboxylic acids is 3. The molecular formula is C30H39N2O16+. The highest BCUT2D eigenvalue weighted by Gasteiger charge is 2.46. The van der Waals surface area contributed by atoms with E-state index in [2.05, 4.69) is 15.4 Å². The quantitative estimate of drug-likeness (QED) is 0.0555. The maximum Gasteiger partial charge on any atom is 0.338 e. The second-order valence-electron chi connectivity index (χ2n) is 10.4. The Bertz CT molecular complexity index is 1380. The zero-order valence-corrected chi connectivity index (χ0v) is 25.2. The second-order valence-corrected chi connectivity index (χ2v) is 10.4. The van der Waals surface area contributed by atoms with Gasteiger partial charge in [0.15, 0.2) is 29.9 Å². The molecule has 264 valence electrons. The number of cyclic esters (lactones) is 1. The fourth-order valence-electron chi connectivity index (χ4n) is 4.18. The summed E-state index contributed by atoms with van der Waals surface area (Å²) in [6.45, 7) is -1.03. The van der Waals surface area contributed by atoms with E-state index in [0.717, 1.165) is 5.56 Å². The van der Waals surface area contributed by atoms with E-state index in [1.165, 1.54) is 0 Å². The van der Waals surface area contributed by atoms with Gasteiger partial charge in [-0.3, -0.25) is 29.8 Å². The molecule has 0 amide bonds. The van der Waals surface area contributed by atoms with Crippen LogP contribution in [-0.2, 0) is 51.8 Å². The molecule has 0 radical (unpaired) electrons. The fourth-order valence-corrected chi connectivity index (χ4v) is 4.18. The molecule has 1 heterocycles. The molecule has 0 aliphatic carbocycles. The van der Waals surface area contributed by atoms with Gasteiger partial charge in [0.05, 0.1) is 13.1 Å². The molecule has 0 spiro atoms. The van der Waals surface area contributed by atoms with Gasteiger partial charge in [0.1, 0.15) is 30.4 Å². The van der Waals surface area contributed by atoms with E-state index in [0.29, 0.717) is 5.56 Å². The van der Waals surface area contributed by atoms with Gasteiger partial charge in [0.25, 0.3) is 0 Å². The molecule has 18 nitrogen and oxygen atoms in total. The molecule has 1 aliphatic rings. The Labute approximate surface area is 272 Å². The van der Waals surface area contributed by atoms with E-state index in [9.17, 15) is 54.3 Å². The van der Waals surface area contributed by atoms with E-state index in [4.69, 9.17) is 15.3 Å². The summed E-state index contributed by atoms with van der Waals surface area (Å²) in [5.41, 5.74) is 1.49. The lowest BCUT2D eigenvalue weighted by molar-refractivity contribution is -0.160. The number of ether oxygens (including phenoxy) is 1. The normalized spacial score (nSPS) is 19.9. The number of hydrogen-bond donors (Lipinski definition) is 10. The summed E-state index contributed by atoms with van der Waals surface area (Å²) >= 11 is 0. The molecule has 3 rings (SSSR count). The molecule has 0 aromatic heterocycles. The highest BCUT2D eigenvalue weighted by atomic mass is 16.6.